The molecule has 0 aliphatic carbocycles. The van der Waals surface area contributed by atoms with Crippen molar-refractivity contribution in [3.8, 4) is 0 Å². The van der Waals surface area contributed by atoms with E-state index in [1.54, 1.807) is 6.07 Å². The van der Waals surface area contributed by atoms with Crippen LogP contribution in [0.4, 0.5) is 0 Å². The summed E-state index contributed by atoms with van der Waals surface area (Å²) in [5.74, 6) is 0. The zero-order valence-corrected chi connectivity index (χ0v) is 13.1. The van der Waals surface area contributed by atoms with Gasteiger partial charge >= 0.3 is 0 Å². The molecule has 5 nitrogen and oxygen atoms in total. The molecule has 0 amide bonds. The van der Waals surface area contributed by atoms with E-state index >= 15 is 0 Å². The van der Waals surface area contributed by atoms with Crippen molar-refractivity contribution in [3.05, 3.63) is 46.4 Å². The van der Waals surface area contributed by atoms with E-state index in [-0.39, 0.29) is 22.1 Å². The van der Waals surface area contributed by atoms with Gasteiger partial charge in [-0.25, -0.2) is 8.42 Å². The number of nitrogens with two attached hydrogens (primary N) is 1. The number of nitrogens with zero attached hydrogens (tertiary/aromatic N) is 2. The molecule has 0 saturated heterocycles. The minimum absolute atomic E-state index is 0.0326. The minimum atomic E-state index is -3.68. The number of hydrogen-bond acceptors (Lipinski definition) is 5. The Morgan fingerprint density at radius 1 is 1.50 bits per heavy atom. The maximum absolute atomic E-state index is 12.6. The van der Waals surface area contributed by atoms with Gasteiger partial charge in [0.25, 0.3) is 0 Å². The Labute approximate surface area is 127 Å². The lowest BCUT2D eigenvalue weighted by Crippen LogP contribution is -2.29. The van der Waals surface area contributed by atoms with Gasteiger partial charge in [0.15, 0.2) is 0 Å². The van der Waals surface area contributed by atoms with Crippen LogP contribution in [0.2, 0.25) is 0 Å². The topological polar surface area (TPSA) is 76.3 Å². The number of pyridine rings is 1. The second-order valence-electron chi connectivity index (χ2n) is 4.11. The number of thiocarbonyl (C=S) groups is 1. The van der Waals surface area contributed by atoms with E-state index in [4.69, 9.17) is 18.0 Å². The molecule has 2 N–H and O–H groups in total. The summed E-state index contributed by atoms with van der Waals surface area (Å²) in [6, 6.07) is 4.89. The molecule has 2 rings (SSSR count). The van der Waals surface area contributed by atoms with Crippen molar-refractivity contribution in [2.24, 2.45) is 5.73 Å². The van der Waals surface area contributed by atoms with Gasteiger partial charge in [-0.15, -0.1) is 0 Å². The van der Waals surface area contributed by atoms with Crippen molar-refractivity contribution in [3.63, 3.8) is 0 Å². The predicted octanol–water partition coefficient (Wildman–Crippen LogP) is 1.60. The fourth-order valence-electron chi connectivity index (χ4n) is 1.68. The minimum Gasteiger partial charge on any atom is -0.388 e. The zero-order chi connectivity index (χ0) is 14.8. The lowest BCUT2D eigenvalue weighted by molar-refractivity contribution is 0.467. The van der Waals surface area contributed by atoms with Crippen LogP contribution in [-0.2, 0) is 16.6 Å². The molecule has 20 heavy (non-hydrogen) atoms. The molecule has 8 heteroatoms. The monoisotopic (exact) mass is 327 g/mol. The molecular formula is C12H13N3O2S3. The van der Waals surface area contributed by atoms with Gasteiger partial charge in [0.2, 0.25) is 10.0 Å². The summed E-state index contributed by atoms with van der Waals surface area (Å²) in [5, 5.41) is 3.81. The normalized spacial score (nSPS) is 11.7. The van der Waals surface area contributed by atoms with Crippen LogP contribution in [0.5, 0.6) is 0 Å². The summed E-state index contributed by atoms with van der Waals surface area (Å²) < 4.78 is 26.4. The lowest BCUT2D eigenvalue weighted by atomic mass is 10.3. The van der Waals surface area contributed by atoms with Crippen molar-refractivity contribution in [2.75, 3.05) is 7.05 Å². The van der Waals surface area contributed by atoms with Gasteiger partial charge in [-0.05, 0) is 34.5 Å². The smallest absolute Gasteiger partial charge is 0.245 e. The quantitative estimate of drug-likeness (QED) is 0.844. The van der Waals surface area contributed by atoms with E-state index in [0.717, 1.165) is 5.56 Å². The number of sulfonamides is 1. The lowest BCUT2D eigenvalue weighted by Gasteiger charge is -2.18. The first-order chi connectivity index (χ1) is 9.43. The van der Waals surface area contributed by atoms with E-state index in [2.05, 4.69) is 4.98 Å². The highest BCUT2D eigenvalue weighted by molar-refractivity contribution is 7.89. The van der Waals surface area contributed by atoms with E-state index in [0.29, 0.717) is 0 Å². The highest BCUT2D eigenvalue weighted by Crippen LogP contribution is 2.20. The van der Waals surface area contributed by atoms with Gasteiger partial charge in [0.1, 0.15) is 15.6 Å². The summed E-state index contributed by atoms with van der Waals surface area (Å²) >= 11 is 6.38. The summed E-state index contributed by atoms with van der Waals surface area (Å²) in [6.45, 7) is 0.289. The molecule has 0 bridgehead atoms. The fraction of sp³-hybridized carbons (Fsp3) is 0.167. The third-order valence-electron chi connectivity index (χ3n) is 2.68. The molecule has 0 aliphatic heterocycles. The molecule has 0 atom stereocenters. The summed E-state index contributed by atoms with van der Waals surface area (Å²) in [6.07, 6.45) is 1.46. The highest BCUT2D eigenvalue weighted by atomic mass is 32.2. The van der Waals surface area contributed by atoms with Gasteiger partial charge in [-0.2, -0.15) is 15.6 Å². The first-order valence-electron chi connectivity index (χ1n) is 5.65. The summed E-state index contributed by atoms with van der Waals surface area (Å²) in [5.41, 5.74) is 6.59. The molecule has 106 valence electrons. The van der Waals surface area contributed by atoms with E-state index in [9.17, 15) is 8.42 Å². The molecule has 0 aliphatic rings. The maximum atomic E-state index is 12.6. The van der Waals surface area contributed by atoms with Crippen LogP contribution in [0.15, 0.2) is 40.1 Å². The molecule has 2 heterocycles. The fourth-order valence-corrected chi connectivity index (χ4v) is 3.88. The number of rotatable bonds is 5. The number of hydrogen-bond donors (Lipinski definition) is 1. The summed E-state index contributed by atoms with van der Waals surface area (Å²) in [4.78, 5) is 3.95. The van der Waals surface area contributed by atoms with Crippen molar-refractivity contribution < 1.29 is 8.42 Å². The molecule has 0 radical (unpaired) electrons. The van der Waals surface area contributed by atoms with Crippen molar-refractivity contribution >= 4 is 38.6 Å². The molecule has 2 aromatic rings. The number of thiophene rings is 1. The highest BCUT2D eigenvalue weighted by Gasteiger charge is 2.25. The standard InChI is InChI=1S/C12H13N3O2S3/c1-15(7-9-4-6-19-8-9)20(16,17)10-3-2-5-14-11(10)12(13)18/h2-6,8H,7H2,1H3,(H2,13,18). The molecule has 0 unspecified atom stereocenters. The van der Waals surface area contributed by atoms with Gasteiger partial charge in [0.05, 0.1) is 0 Å². The van der Waals surface area contributed by atoms with E-state index in [1.807, 2.05) is 16.8 Å². The Bertz CT molecular complexity index is 711. The van der Waals surface area contributed by atoms with Crippen molar-refractivity contribution in [1.29, 1.82) is 0 Å². The first-order valence-corrected chi connectivity index (χ1v) is 8.44. The summed E-state index contributed by atoms with van der Waals surface area (Å²) in [7, 11) is -2.17. The molecular weight excluding hydrogens is 314 g/mol. The Kier molecular flexibility index (Phi) is 4.48. The maximum Gasteiger partial charge on any atom is 0.245 e. The Hall–Kier alpha value is -1.35. The molecule has 0 fully saturated rings. The number of aromatic nitrogens is 1. The van der Waals surface area contributed by atoms with Crippen LogP contribution in [0.1, 0.15) is 11.3 Å². The van der Waals surface area contributed by atoms with Crippen LogP contribution in [0, 0.1) is 0 Å². The van der Waals surface area contributed by atoms with Crippen LogP contribution in [-0.4, -0.2) is 29.7 Å². The largest absolute Gasteiger partial charge is 0.388 e. The second-order valence-corrected chi connectivity index (χ2v) is 7.34. The van der Waals surface area contributed by atoms with E-state index in [1.165, 1.54) is 35.0 Å². The zero-order valence-electron chi connectivity index (χ0n) is 10.7. The molecule has 0 spiro atoms. The third kappa shape index (κ3) is 3.04. The molecule has 0 saturated carbocycles. The Balaban J connectivity index is 2.37. The van der Waals surface area contributed by atoms with E-state index < -0.39 is 10.0 Å². The van der Waals surface area contributed by atoms with Gasteiger partial charge in [-0.1, -0.05) is 12.2 Å². The SMILES string of the molecule is CN(Cc1ccsc1)S(=O)(=O)c1cccnc1C(N)=S. The van der Waals surface area contributed by atoms with Gasteiger partial charge in [0, 0.05) is 19.8 Å². The van der Waals surface area contributed by atoms with Gasteiger partial charge in [-0.3, -0.25) is 4.98 Å². The van der Waals surface area contributed by atoms with Crippen molar-refractivity contribution in [2.45, 2.75) is 11.4 Å². The molecule has 2 aromatic heterocycles. The van der Waals surface area contributed by atoms with Crippen LogP contribution in [0.25, 0.3) is 0 Å². The van der Waals surface area contributed by atoms with Crippen LogP contribution in [0.3, 0.4) is 0 Å². The second kappa shape index (κ2) is 5.96. The molecule has 0 aromatic carbocycles. The average Bonchev–Trinajstić information content (AvgIpc) is 2.91. The van der Waals surface area contributed by atoms with Crippen molar-refractivity contribution in [1.82, 2.24) is 9.29 Å². The average molecular weight is 327 g/mol. The Morgan fingerprint density at radius 3 is 2.85 bits per heavy atom. The third-order valence-corrected chi connectivity index (χ3v) is 5.44. The predicted molar refractivity (Wildman–Crippen MR) is 83.1 cm³/mol. The van der Waals surface area contributed by atoms with Crippen LogP contribution < -0.4 is 5.73 Å². The van der Waals surface area contributed by atoms with Crippen LogP contribution >= 0.6 is 23.6 Å². The Morgan fingerprint density at radius 2 is 2.25 bits per heavy atom. The first kappa shape index (κ1) is 15.0. The van der Waals surface area contributed by atoms with Gasteiger partial charge < -0.3 is 5.73 Å².